The second-order valence-corrected chi connectivity index (χ2v) is 6.65. The van der Waals surface area contributed by atoms with E-state index in [1.165, 1.54) is 0 Å². The molecule has 0 unspecified atom stereocenters. The standard InChI is InChI=1S/C18H12F2N2O9S/c1-30-17(23)10-5-12(19)8(3-14(10)21(25)26)4-16(32-29)9-7-15(22(27)28)11(6-13(9)20)18(24)31-2/h3,5-7H,4H2,1-2H3. The molecule has 11 nitrogen and oxygen atoms in total. The second-order valence-electron chi connectivity index (χ2n) is 5.99. The molecule has 0 heterocycles. The molecule has 32 heavy (non-hydrogen) atoms. The minimum atomic E-state index is -1.21. The van der Waals surface area contributed by atoms with Crippen LogP contribution in [0.4, 0.5) is 20.2 Å². The van der Waals surface area contributed by atoms with Gasteiger partial charge in [0.1, 0.15) is 22.8 Å². The summed E-state index contributed by atoms with van der Waals surface area (Å²) in [5.41, 5.74) is -4.15. The maximum atomic E-state index is 14.6. The zero-order valence-corrected chi connectivity index (χ0v) is 17.1. The molecule has 0 amide bonds. The van der Waals surface area contributed by atoms with Crippen molar-refractivity contribution >= 4 is 39.4 Å². The third-order valence-electron chi connectivity index (χ3n) is 4.21. The molecule has 0 N–H and O–H groups in total. The van der Waals surface area contributed by atoms with Crippen LogP contribution in [0.15, 0.2) is 24.3 Å². The highest BCUT2D eigenvalue weighted by atomic mass is 32.1. The molecule has 0 saturated carbocycles. The summed E-state index contributed by atoms with van der Waals surface area (Å²) >= 11 is -0.330. The molecule has 0 aliphatic heterocycles. The van der Waals surface area contributed by atoms with Gasteiger partial charge in [-0.3, -0.25) is 20.2 Å². The summed E-state index contributed by atoms with van der Waals surface area (Å²) in [7, 11) is 1.86. The molecule has 0 aliphatic rings. The van der Waals surface area contributed by atoms with E-state index in [-0.39, 0.29) is 11.3 Å². The van der Waals surface area contributed by atoms with Gasteiger partial charge in [-0.15, -0.1) is 0 Å². The van der Waals surface area contributed by atoms with Crippen molar-refractivity contribution in [1.29, 1.82) is 0 Å². The molecule has 0 radical (unpaired) electrons. The molecule has 0 aliphatic carbocycles. The number of nitro groups is 2. The maximum Gasteiger partial charge on any atom is 0.344 e. The lowest BCUT2D eigenvalue weighted by atomic mass is 9.99. The van der Waals surface area contributed by atoms with E-state index in [4.69, 9.17) is 0 Å². The number of hydrogen-bond acceptors (Lipinski definition) is 9. The molecule has 0 spiro atoms. The Labute approximate surface area is 180 Å². The van der Waals surface area contributed by atoms with Gasteiger partial charge in [0.2, 0.25) is 0 Å². The van der Waals surface area contributed by atoms with Gasteiger partial charge in [-0.1, -0.05) is 0 Å². The molecule has 2 rings (SSSR count). The first-order valence-electron chi connectivity index (χ1n) is 8.33. The van der Waals surface area contributed by atoms with Gasteiger partial charge in [-0.05, 0) is 12.1 Å². The minimum Gasteiger partial charge on any atom is -0.465 e. The summed E-state index contributed by atoms with van der Waals surface area (Å²) < 4.78 is 49.4. The van der Waals surface area contributed by atoms with E-state index in [2.05, 4.69) is 9.47 Å². The third-order valence-corrected chi connectivity index (χ3v) is 4.77. The summed E-state index contributed by atoms with van der Waals surface area (Å²) in [4.78, 5) is 43.4. The molecule has 168 valence electrons. The van der Waals surface area contributed by atoms with E-state index in [0.29, 0.717) is 24.3 Å². The van der Waals surface area contributed by atoms with Crippen molar-refractivity contribution < 1.29 is 41.9 Å². The van der Waals surface area contributed by atoms with Crippen LogP contribution in [0, 0.1) is 31.9 Å². The first-order chi connectivity index (χ1) is 15.0. The van der Waals surface area contributed by atoms with Crippen LogP contribution in [0.25, 0.3) is 0 Å². The van der Waals surface area contributed by atoms with E-state index < -0.39 is 78.3 Å². The van der Waals surface area contributed by atoms with E-state index in [9.17, 15) is 42.8 Å². The van der Waals surface area contributed by atoms with E-state index in [1.807, 2.05) is 0 Å². The van der Waals surface area contributed by atoms with Crippen molar-refractivity contribution in [1.82, 2.24) is 0 Å². The SMILES string of the molecule is COC(=O)c1cc(F)c(CC(=S=O)c2cc([N+](=O)[O-])c(C(=O)OC)cc2F)cc1[N+](=O)[O-]. The largest absolute Gasteiger partial charge is 0.465 e. The Morgan fingerprint density at radius 1 is 0.875 bits per heavy atom. The number of ether oxygens (including phenoxy) is 2. The average Bonchev–Trinajstić information content (AvgIpc) is 2.76. The van der Waals surface area contributed by atoms with Crippen LogP contribution in [-0.2, 0) is 27.2 Å². The number of benzene rings is 2. The van der Waals surface area contributed by atoms with Crippen molar-refractivity contribution in [3.63, 3.8) is 0 Å². The van der Waals surface area contributed by atoms with Crippen molar-refractivity contribution in [3.05, 3.63) is 78.4 Å². The number of methoxy groups -OCH3 is 2. The summed E-state index contributed by atoms with van der Waals surface area (Å²) in [5, 5.41) is 22.5. The number of carbonyl (C=O) groups excluding carboxylic acids is 2. The topological polar surface area (TPSA) is 156 Å². The smallest absolute Gasteiger partial charge is 0.344 e. The van der Waals surface area contributed by atoms with Gasteiger partial charge in [0.05, 0.1) is 40.2 Å². The Morgan fingerprint density at radius 2 is 1.34 bits per heavy atom. The fourth-order valence-electron chi connectivity index (χ4n) is 2.71. The van der Waals surface area contributed by atoms with Crippen LogP contribution in [-0.4, -0.2) is 45.1 Å². The highest BCUT2D eigenvalue weighted by Crippen LogP contribution is 2.28. The summed E-state index contributed by atoms with van der Waals surface area (Å²) in [5.74, 6) is -4.72. The quantitative estimate of drug-likeness (QED) is 0.195. The van der Waals surface area contributed by atoms with Gasteiger partial charge in [-0.25, -0.2) is 22.6 Å². The number of nitro benzene ring substituents is 2. The summed E-state index contributed by atoms with van der Waals surface area (Å²) in [6, 6.07) is 2.31. The monoisotopic (exact) mass is 470 g/mol. The van der Waals surface area contributed by atoms with Crippen LogP contribution in [0.5, 0.6) is 0 Å². The molecule has 0 atom stereocenters. The Hall–Kier alpha value is -4.07. The van der Waals surface area contributed by atoms with Crippen molar-refractivity contribution in [3.8, 4) is 0 Å². The van der Waals surface area contributed by atoms with Crippen molar-refractivity contribution in [2.75, 3.05) is 14.2 Å². The minimum absolute atomic E-state index is 0.330. The maximum absolute atomic E-state index is 14.6. The van der Waals surface area contributed by atoms with Gasteiger partial charge in [0.25, 0.3) is 11.4 Å². The van der Waals surface area contributed by atoms with Crippen LogP contribution in [0.1, 0.15) is 31.8 Å². The van der Waals surface area contributed by atoms with Gasteiger partial charge >= 0.3 is 11.9 Å². The van der Waals surface area contributed by atoms with Crippen LogP contribution in [0.2, 0.25) is 0 Å². The molecule has 2 aromatic rings. The predicted octanol–water partition coefficient (Wildman–Crippen LogP) is 2.33. The molecular weight excluding hydrogens is 458 g/mol. The number of carbonyl (C=O) groups is 2. The van der Waals surface area contributed by atoms with E-state index in [0.717, 1.165) is 14.2 Å². The predicted molar refractivity (Wildman–Crippen MR) is 105 cm³/mol. The zero-order valence-electron chi connectivity index (χ0n) is 16.2. The number of hydrogen-bond donors (Lipinski definition) is 0. The van der Waals surface area contributed by atoms with Gasteiger partial charge < -0.3 is 9.47 Å². The Kier molecular flexibility index (Phi) is 7.43. The third kappa shape index (κ3) is 4.80. The molecule has 0 saturated heterocycles. The highest BCUT2D eigenvalue weighted by Gasteiger charge is 2.28. The molecular formula is C18H12F2N2O9S. The zero-order chi connectivity index (χ0) is 24.2. The number of esters is 2. The normalized spacial score (nSPS) is 10.2. The van der Waals surface area contributed by atoms with Crippen molar-refractivity contribution in [2.45, 2.75) is 6.42 Å². The molecule has 0 aromatic heterocycles. The van der Waals surface area contributed by atoms with Crippen LogP contribution in [0.3, 0.4) is 0 Å². The van der Waals surface area contributed by atoms with E-state index >= 15 is 0 Å². The van der Waals surface area contributed by atoms with Crippen LogP contribution >= 0.6 is 0 Å². The number of halogens is 2. The lowest BCUT2D eigenvalue weighted by Gasteiger charge is -2.10. The number of nitrogens with zero attached hydrogens (tertiary/aromatic N) is 2. The van der Waals surface area contributed by atoms with Gasteiger partial charge in [0, 0.05) is 29.7 Å². The molecule has 2 aromatic carbocycles. The summed E-state index contributed by atoms with van der Waals surface area (Å²) in [6.45, 7) is 0. The van der Waals surface area contributed by atoms with E-state index in [1.54, 1.807) is 0 Å². The summed E-state index contributed by atoms with van der Waals surface area (Å²) in [6.07, 6.45) is -0.700. The van der Waals surface area contributed by atoms with Crippen molar-refractivity contribution in [2.24, 2.45) is 0 Å². The Morgan fingerprint density at radius 3 is 1.78 bits per heavy atom. The first kappa shape index (κ1) is 24.2. The van der Waals surface area contributed by atoms with Gasteiger partial charge in [0.15, 0.2) is 0 Å². The Balaban J connectivity index is 2.62. The molecule has 14 heteroatoms. The Bertz CT molecular complexity index is 1210. The molecule has 0 bridgehead atoms. The average molecular weight is 470 g/mol. The fraction of sp³-hybridized carbons (Fsp3) is 0.167. The second kappa shape index (κ2) is 9.82. The van der Waals surface area contributed by atoms with Gasteiger partial charge in [-0.2, -0.15) is 0 Å². The first-order valence-corrected chi connectivity index (χ1v) is 9.07. The lowest BCUT2D eigenvalue weighted by Crippen LogP contribution is -2.14. The molecule has 0 fully saturated rings. The lowest BCUT2D eigenvalue weighted by molar-refractivity contribution is -0.385. The fourth-order valence-corrected chi connectivity index (χ4v) is 3.17. The van der Waals surface area contributed by atoms with Crippen LogP contribution < -0.4 is 0 Å². The highest BCUT2D eigenvalue weighted by molar-refractivity contribution is 7.67. The number of rotatable bonds is 7.